The van der Waals surface area contributed by atoms with E-state index in [4.69, 9.17) is 10.5 Å². The molecule has 0 radical (unpaired) electrons. The highest BCUT2D eigenvalue weighted by atomic mass is 32.1. The van der Waals surface area contributed by atoms with Crippen LogP contribution in [-0.4, -0.2) is 39.6 Å². The number of aromatic nitrogens is 3. The smallest absolute Gasteiger partial charge is 0.0962 e. The topological polar surface area (TPSA) is 69.2 Å². The lowest BCUT2D eigenvalue weighted by Gasteiger charge is -2.31. The molecule has 2 N–H and O–H groups in total. The average molecular weight is 376 g/mol. The van der Waals surface area contributed by atoms with E-state index in [2.05, 4.69) is 27.3 Å². The molecule has 0 aliphatic carbocycles. The molecule has 26 heavy (non-hydrogen) atoms. The predicted octanol–water partition coefficient (Wildman–Crippen LogP) is 2.95. The van der Waals surface area contributed by atoms with Crippen molar-refractivity contribution in [1.82, 2.24) is 19.9 Å². The van der Waals surface area contributed by atoms with E-state index >= 15 is 0 Å². The Labute approximate surface area is 159 Å². The molecule has 142 valence electrons. The zero-order valence-electron chi connectivity index (χ0n) is 15.3. The summed E-state index contributed by atoms with van der Waals surface area (Å²) in [7, 11) is 0. The van der Waals surface area contributed by atoms with Gasteiger partial charge in [-0.2, -0.15) is 0 Å². The summed E-state index contributed by atoms with van der Waals surface area (Å²) >= 11 is 1.94. The van der Waals surface area contributed by atoms with Crippen LogP contribution in [0.3, 0.4) is 0 Å². The molecular weight excluding hydrogens is 346 g/mol. The SMILES string of the molecule is NCc1cn(CC2CCN(Cc3ccc(C4CCCCO4)s3)CC2)nn1. The van der Waals surface area contributed by atoms with Gasteiger partial charge in [0.05, 0.1) is 11.8 Å². The molecule has 0 bridgehead atoms. The highest BCUT2D eigenvalue weighted by Gasteiger charge is 2.22. The minimum absolute atomic E-state index is 0.342. The van der Waals surface area contributed by atoms with Gasteiger partial charge in [0.15, 0.2) is 0 Å². The highest BCUT2D eigenvalue weighted by Crippen LogP contribution is 2.33. The Morgan fingerprint density at radius 2 is 2.08 bits per heavy atom. The number of piperidine rings is 1. The number of rotatable bonds is 6. The normalized spacial score (nSPS) is 22.7. The first kappa shape index (κ1) is 18.1. The summed E-state index contributed by atoms with van der Waals surface area (Å²) in [4.78, 5) is 5.47. The molecule has 4 rings (SSSR count). The largest absolute Gasteiger partial charge is 0.373 e. The minimum Gasteiger partial charge on any atom is -0.373 e. The third kappa shape index (κ3) is 4.52. The van der Waals surface area contributed by atoms with Crippen LogP contribution in [0, 0.1) is 5.92 Å². The standard InChI is InChI=1S/C19H29N5OS/c20-11-16-13-24(22-21-16)12-15-6-8-23(9-7-15)14-17-4-5-19(26-17)18-3-1-2-10-25-18/h4-5,13,15,18H,1-3,6-12,14,20H2. The van der Waals surface area contributed by atoms with Crippen molar-refractivity contribution in [3.63, 3.8) is 0 Å². The maximum atomic E-state index is 5.92. The third-order valence-corrected chi connectivity index (χ3v) is 6.67. The zero-order valence-corrected chi connectivity index (χ0v) is 16.2. The molecule has 2 aromatic heterocycles. The summed E-state index contributed by atoms with van der Waals surface area (Å²) in [5.41, 5.74) is 6.48. The van der Waals surface area contributed by atoms with Crippen molar-refractivity contribution in [2.75, 3.05) is 19.7 Å². The molecule has 6 nitrogen and oxygen atoms in total. The maximum Gasteiger partial charge on any atom is 0.0962 e. The van der Waals surface area contributed by atoms with Gasteiger partial charge in [-0.05, 0) is 63.2 Å². The summed E-state index contributed by atoms with van der Waals surface area (Å²) in [6.45, 7) is 5.75. The van der Waals surface area contributed by atoms with Gasteiger partial charge in [-0.25, -0.2) is 0 Å². The van der Waals surface area contributed by atoms with Crippen LogP contribution in [0.5, 0.6) is 0 Å². The fraction of sp³-hybridized carbons (Fsp3) is 0.684. The molecule has 1 atom stereocenters. The van der Waals surface area contributed by atoms with Crippen LogP contribution in [0.15, 0.2) is 18.3 Å². The van der Waals surface area contributed by atoms with E-state index in [0.717, 1.165) is 38.5 Å². The minimum atomic E-state index is 0.342. The van der Waals surface area contributed by atoms with E-state index in [1.807, 2.05) is 22.2 Å². The van der Waals surface area contributed by atoms with Crippen molar-refractivity contribution in [2.45, 2.75) is 57.8 Å². The Bertz CT molecular complexity index is 686. The molecule has 0 amide bonds. The molecule has 0 aromatic carbocycles. The number of hydrogen-bond donors (Lipinski definition) is 1. The first-order valence-electron chi connectivity index (χ1n) is 9.82. The molecule has 0 saturated carbocycles. The van der Waals surface area contributed by atoms with Crippen molar-refractivity contribution < 1.29 is 4.74 Å². The van der Waals surface area contributed by atoms with Crippen LogP contribution in [0.4, 0.5) is 0 Å². The number of likely N-dealkylation sites (tertiary alicyclic amines) is 1. The Morgan fingerprint density at radius 1 is 1.19 bits per heavy atom. The van der Waals surface area contributed by atoms with E-state index in [-0.39, 0.29) is 0 Å². The van der Waals surface area contributed by atoms with Crippen LogP contribution in [0.2, 0.25) is 0 Å². The number of thiophene rings is 1. The van der Waals surface area contributed by atoms with Crippen molar-refractivity contribution in [3.05, 3.63) is 33.8 Å². The number of nitrogens with zero attached hydrogens (tertiary/aromatic N) is 4. The third-order valence-electron chi connectivity index (χ3n) is 5.51. The second-order valence-corrected chi connectivity index (χ2v) is 8.71. The molecule has 2 fully saturated rings. The van der Waals surface area contributed by atoms with Gasteiger partial charge in [-0.3, -0.25) is 9.58 Å². The molecule has 2 aromatic rings. The summed E-state index contributed by atoms with van der Waals surface area (Å²) < 4.78 is 7.88. The van der Waals surface area contributed by atoms with Gasteiger partial charge in [0.1, 0.15) is 0 Å². The van der Waals surface area contributed by atoms with Crippen molar-refractivity contribution in [3.8, 4) is 0 Å². The molecule has 2 saturated heterocycles. The maximum absolute atomic E-state index is 5.92. The van der Waals surface area contributed by atoms with Crippen LogP contribution >= 0.6 is 11.3 Å². The number of hydrogen-bond acceptors (Lipinski definition) is 6. The average Bonchev–Trinajstić information content (AvgIpc) is 3.33. The van der Waals surface area contributed by atoms with Crippen LogP contribution in [0.1, 0.15) is 53.7 Å². The van der Waals surface area contributed by atoms with E-state index < -0.39 is 0 Å². The number of ether oxygens (including phenoxy) is 1. The van der Waals surface area contributed by atoms with Crippen LogP contribution in [0.25, 0.3) is 0 Å². The first-order chi connectivity index (χ1) is 12.8. The van der Waals surface area contributed by atoms with E-state index in [0.29, 0.717) is 18.6 Å². The monoisotopic (exact) mass is 375 g/mol. The van der Waals surface area contributed by atoms with Crippen molar-refractivity contribution in [1.29, 1.82) is 0 Å². The fourth-order valence-electron chi connectivity index (χ4n) is 3.95. The summed E-state index contributed by atoms with van der Waals surface area (Å²) in [6, 6.07) is 4.58. The van der Waals surface area contributed by atoms with Gasteiger partial charge in [0.2, 0.25) is 0 Å². The van der Waals surface area contributed by atoms with E-state index in [1.165, 1.54) is 41.9 Å². The number of nitrogens with two attached hydrogens (primary N) is 1. The second kappa shape index (κ2) is 8.61. The van der Waals surface area contributed by atoms with Gasteiger partial charge in [-0.1, -0.05) is 5.21 Å². The quantitative estimate of drug-likeness (QED) is 0.841. The Balaban J connectivity index is 1.24. The second-order valence-electron chi connectivity index (χ2n) is 7.51. The predicted molar refractivity (Wildman–Crippen MR) is 103 cm³/mol. The van der Waals surface area contributed by atoms with E-state index in [9.17, 15) is 0 Å². The highest BCUT2D eigenvalue weighted by molar-refractivity contribution is 7.12. The molecule has 4 heterocycles. The lowest BCUT2D eigenvalue weighted by Crippen LogP contribution is -2.34. The van der Waals surface area contributed by atoms with Crippen molar-refractivity contribution >= 4 is 11.3 Å². The molecule has 2 aliphatic heterocycles. The summed E-state index contributed by atoms with van der Waals surface area (Å²) in [5.74, 6) is 0.688. The Kier molecular flexibility index (Phi) is 5.99. The van der Waals surface area contributed by atoms with Crippen molar-refractivity contribution in [2.24, 2.45) is 11.7 Å². The Hall–Kier alpha value is -1.28. The zero-order chi connectivity index (χ0) is 17.8. The summed E-state index contributed by atoms with van der Waals surface area (Å²) in [6.07, 6.45) is 8.46. The van der Waals surface area contributed by atoms with Gasteiger partial charge in [0, 0.05) is 42.2 Å². The van der Waals surface area contributed by atoms with Crippen LogP contribution in [-0.2, 0) is 24.4 Å². The molecular formula is C19H29N5OS. The molecule has 7 heteroatoms. The van der Waals surface area contributed by atoms with Gasteiger partial charge in [0.25, 0.3) is 0 Å². The lowest BCUT2D eigenvalue weighted by atomic mass is 9.97. The molecule has 2 aliphatic rings. The Morgan fingerprint density at radius 3 is 2.81 bits per heavy atom. The summed E-state index contributed by atoms with van der Waals surface area (Å²) in [5, 5.41) is 8.26. The van der Waals surface area contributed by atoms with Gasteiger partial charge >= 0.3 is 0 Å². The van der Waals surface area contributed by atoms with Crippen LogP contribution < -0.4 is 5.73 Å². The molecule has 0 spiro atoms. The fourth-order valence-corrected chi connectivity index (χ4v) is 5.09. The van der Waals surface area contributed by atoms with E-state index in [1.54, 1.807) is 0 Å². The van der Waals surface area contributed by atoms with Gasteiger partial charge < -0.3 is 10.5 Å². The van der Waals surface area contributed by atoms with Gasteiger partial charge in [-0.15, -0.1) is 16.4 Å². The molecule has 1 unspecified atom stereocenters. The first-order valence-corrected chi connectivity index (χ1v) is 10.6. The lowest BCUT2D eigenvalue weighted by molar-refractivity contribution is 0.0172.